The smallest absolute Gasteiger partial charge is 0.178 e. The van der Waals surface area contributed by atoms with Gasteiger partial charge in [0.2, 0.25) is 0 Å². The van der Waals surface area contributed by atoms with Crippen LogP contribution in [0.1, 0.15) is 37.7 Å². The quantitative estimate of drug-likeness (QED) is 0.839. The van der Waals surface area contributed by atoms with Gasteiger partial charge in [0.15, 0.2) is 11.6 Å². The van der Waals surface area contributed by atoms with Gasteiger partial charge in [0.1, 0.15) is 0 Å². The summed E-state index contributed by atoms with van der Waals surface area (Å²) < 4.78 is 12.4. The van der Waals surface area contributed by atoms with Crippen LogP contribution in [-0.4, -0.2) is 24.8 Å². The number of carbonyl (C=O) groups is 1. The van der Waals surface area contributed by atoms with E-state index in [0.717, 1.165) is 32.1 Å². The van der Waals surface area contributed by atoms with Crippen LogP contribution in [0.4, 0.5) is 0 Å². The fourth-order valence-corrected chi connectivity index (χ4v) is 4.56. The van der Waals surface area contributed by atoms with Gasteiger partial charge in [-0.2, -0.15) is 0 Å². The monoisotopic (exact) mass is 298 g/mol. The van der Waals surface area contributed by atoms with Crippen LogP contribution < -0.4 is 0 Å². The van der Waals surface area contributed by atoms with E-state index in [9.17, 15) is 4.79 Å². The number of hydrogen-bond donors (Lipinski definition) is 0. The molecule has 2 fully saturated rings. The molecule has 1 aromatic carbocycles. The summed E-state index contributed by atoms with van der Waals surface area (Å²) in [6.07, 6.45) is 7.19. The molecule has 3 nitrogen and oxygen atoms in total. The molecule has 1 spiro atoms. The summed E-state index contributed by atoms with van der Waals surface area (Å²) in [4.78, 5) is 12.0. The molecule has 1 aliphatic heterocycles. The van der Waals surface area contributed by atoms with Gasteiger partial charge in [0, 0.05) is 12.8 Å². The minimum absolute atomic E-state index is 0.170. The van der Waals surface area contributed by atoms with E-state index < -0.39 is 5.79 Å². The first kappa shape index (κ1) is 14.2. The lowest BCUT2D eigenvalue weighted by Gasteiger charge is -2.53. The number of allylic oxidation sites excluding steroid dienone is 1. The maximum Gasteiger partial charge on any atom is 0.178 e. The lowest BCUT2D eigenvalue weighted by atomic mass is 9.58. The topological polar surface area (TPSA) is 35.5 Å². The van der Waals surface area contributed by atoms with Crippen LogP contribution in [0, 0.1) is 5.41 Å². The first-order valence-electron chi connectivity index (χ1n) is 8.30. The van der Waals surface area contributed by atoms with Gasteiger partial charge < -0.3 is 9.47 Å². The van der Waals surface area contributed by atoms with Crippen LogP contribution in [-0.2, 0) is 20.7 Å². The Bertz CT molecular complexity index is 598. The average Bonchev–Trinajstić information content (AvgIpc) is 3.00. The second kappa shape index (κ2) is 5.32. The van der Waals surface area contributed by atoms with Crippen molar-refractivity contribution in [3.8, 4) is 0 Å². The van der Waals surface area contributed by atoms with Crippen LogP contribution in [0.3, 0.4) is 0 Å². The second-order valence-corrected chi connectivity index (χ2v) is 6.68. The third kappa shape index (κ3) is 2.07. The Morgan fingerprint density at radius 3 is 2.55 bits per heavy atom. The minimum Gasteiger partial charge on any atom is -0.347 e. The predicted molar refractivity (Wildman–Crippen MR) is 83.4 cm³/mol. The van der Waals surface area contributed by atoms with Crippen molar-refractivity contribution in [2.24, 2.45) is 5.41 Å². The molecule has 3 aliphatic rings. The van der Waals surface area contributed by atoms with Gasteiger partial charge in [-0.05, 0) is 37.3 Å². The standard InChI is InChI=1S/C19H22O3/c20-17-8-10-18(14-15-5-2-1-3-6-15)16(13-17)7-4-9-19(18)21-11-12-22-19/h1-3,5-6,13H,4,7-12,14H2. The van der Waals surface area contributed by atoms with Gasteiger partial charge in [-0.1, -0.05) is 35.9 Å². The predicted octanol–water partition coefficient (Wildman–Crippen LogP) is 3.43. The number of hydrogen-bond acceptors (Lipinski definition) is 3. The van der Waals surface area contributed by atoms with E-state index in [-0.39, 0.29) is 11.2 Å². The maximum absolute atomic E-state index is 12.0. The van der Waals surface area contributed by atoms with Crippen LogP contribution in [0.2, 0.25) is 0 Å². The van der Waals surface area contributed by atoms with E-state index in [0.29, 0.717) is 19.6 Å². The fourth-order valence-electron chi connectivity index (χ4n) is 4.56. The highest BCUT2D eigenvalue weighted by Gasteiger charge is 2.59. The van der Waals surface area contributed by atoms with Crippen LogP contribution in [0.15, 0.2) is 42.0 Å². The molecule has 116 valence electrons. The maximum atomic E-state index is 12.0. The summed E-state index contributed by atoms with van der Waals surface area (Å²) >= 11 is 0. The molecule has 0 amide bonds. The molecule has 0 N–H and O–H groups in total. The highest BCUT2D eigenvalue weighted by Crippen LogP contribution is 2.57. The largest absolute Gasteiger partial charge is 0.347 e. The zero-order valence-electron chi connectivity index (χ0n) is 12.8. The number of ether oxygens (including phenoxy) is 2. The van der Waals surface area contributed by atoms with E-state index in [2.05, 4.69) is 24.3 Å². The molecular weight excluding hydrogens is 276 g/mol. The summed E-state index contributed by atoms with van der Waals surface area (Å²) in [5, 5.41) is 0. The SMILES string of the molecule is O=C1C=C2CCCC3(OCCO3)C2(Cc2ccccc2)CC1. The number of fused-ring (bicyclic) bond motifs is 2. The normalized spacial score (nSPS) is 30.2. The number of carbonyl (C=O) groups excluding carboxylic acids is 1. The van der Waals surface area contributed by atoms with E-state index in [1.54, 1.807) is 0 Å². The molecule has 1 saturated carbocycles. The number of rotatable bonds is 2. The Morgan fingerprint density at radius 1 is 1.00 bits per heavy atom. The Kier molecular flexibility index (Phi) is 3.43. The first-order valence-corrected chi connectivity index (χ1v) is 8.30. The van der Waals surface area contributed by atoms with Crippen molar-refractivity contribution in [3.63, 3.8) is 0 Å². The van der Waals surface area contributed by atoms with Gasteiger partial charge in [0.25, 0.3) is 0 Å². The molecule has 1 heterocycles. The zero-order valence-corrected chi connectivity index (χ0v) is 12.8. The zero-order chi connectivity index (χ0) is 15.0. The van der Waals surface area contributed by atoms with Crippen molar-refractivity contribution < 1.29 is 14.3 Å². The molecule has 4 rings (SSSR count). The lowest BCUT2D eigenvalue weighted by molar-refractivity contribution is -0.242. The van der Waals surface area contributed by atoms with Crippen molar-refractivity contribution >= 4 is 5.78 Å². The fraction of sp³-hybridized carbons (Fsp3) is 0.526. The Hall–Kier alpha value is -1.45. The second-order valence-electron chi connectivity index (χ2n) is 6.68. The molecule has 2 aliphatic carbocycles. The molecule has 1 aromatic rings. The lowest BCUT2D eigenvalue weighted by Crippen LogP contribution is -2.55. The van der Waals surface area contributed by atoms with E-state index in [1.165, 1.54) is 11.1 Å². The minimum atomic E-state index is -0.520. The third-order valence-electron chi connectivity index (χ3n) is 5.53. The van der Waals surface area contributed by atoms with Gasteiger partial charge >= 0.3 is 0 Å². The summed E-state index contributed by atoms with van der Waals surface area (Å²) in [5.41, 5.74) is 2.38. The van der Waals surface area contributed by atoms with Crippen molar-refractivity contribution in [2.45, 2.75) is 44.3 Å². The van der Waals surface area contributed by atoms with Crippen molar-refractivity contribution in [1.82, 2.24) is 0 Å². The molecule has 0 aromatic heterocycles. The summed E-state index contributed by atoms with van der Waals surface area (Å²) in [5.74, 6) is -0.262. The Labute approximate surface area is 131 Å². The van der Waals surface area contributed by atoms with Crippen molar-refractivity contribution in [2.75, 3.05) is 13.2 Å². The number of ketones is 1. The van der Waals surface area contributed by atoms with Crippen LogP contribution >= 0.6 is 0 Å². The molecule has 1 saturated heterocycles. The molecule has 22 heavy (non-hydrogen) atoms. The Morgan fingerprint density at radius 2 is 1.77 bits per heavy atom. The third-order valence-corrected chi connectivity index (χ3v) is 5.53. The number of benzene rings is 1. The highest BCUT2D eigenvalue weighted by molar-refractivity contribution is 5.91. The van der Waals surface area contributed by atoms with Crippen LogP contribution in [0.25, 0.3) is 0 Å². The molecular formula is C19H22O3. The molecule has 1 atom stereocenters. The van der Waals surface area contributed by atoms with E-state index in [1.807, 2.05) is 12.1 Å². The summed E-state index contributed by atoms with van der Waals surface area (Å²) in [6, 6.07) is 10.5. The molecule has 3 heteroatoms. The van der Waals surface area contributed by atoms with Crippen LogP contribution in [0.5, 0.6) is 0 Å². The van der Waals surface area contributed by atoms with Gasteiger partial charge in [-0.3, -0.25) is 4.79 Å². The summed E-state index contributed by atoms with van der Waals surface area (Å²) in [7, 11) is 0. The first-order chi connectivity index (χ1) is 10.7. The highest BCUT2D eigenvalue weighted by atomic mass is 16.7. The van der Waals surface area contributed by atoms with E-state index >= 15 is 0 Å². The van der Waals surface area contributed by atoms with Gasteiger partial charge in [-0.25, -0.2) is 0 Å². The average molecular weight is 298 g/mol. The van der Waals surface area contributed by atoms with Crippen molar-refractivity contribution in [1.29, 1.82) is 0 Å². The van der Waals surface area contributed by atoms with Crippen molar-refractivity contribution in [3.05, 3.63) is 47.5 Å². The molecule has 0 bridgehead atoms. The van der Waals surface area contributed by atoms with E-state index in [4.69, 9.17) is 9.47 Å². The molecule has 1 unspecified atom stereocenters. The summed E-state index contributed by atoms with van der Waals surface area (Å²) in [6.45, 7) is 1.33. The van der Waals surface area contributed by atoms with Gasteiger partial charge in [0.05, 0.1) is 18.6 Å². The Balaban J connectivity index is 1.80. The van der Waals surface area contributed by atoms with Gasteiger partial charge in [-0.15, -0.1) is 0 Å². The molecule has 0 radical (unpaired) electrons.